The second kappa shape index (κ2) is 11.9. The van der Waals surface area contributed by atoms with Crippen LogP contribution in [0.4, 0.5) is 0 Å². The molecule has 0 saturated carbocycles. The minimum Gasteiger partial charge on any atom is -0.381 e. The minimum atomic E-state index is 0.911. The summed E-state index contributed by atoms with van der Waals surface area (Å²) in [5.41, 5.74) is 0. The van der Waals surface area contributed by atoms with Crippen molar-refractivity contribution in [2.45, 2.75) is 40.5 Å². The Kier molecular flexibility index (Phi) is 11.9. The van der Waals surface area contributed by atoms with E-state index in [2.05, 4.69) is 30.7 Å². The van der Waals surface area contributed by atoms with Gasteiger partial charge in [0.15, 0.2) is 0 Å². The van der Waals surface area contributed by atoms with E-state index in [0.29, 0.717) is 0 Å². The molecule has 2 heterocycles. The van der Waals surface area contributed by atoms with Gasteiger partial charge in [-0.1, -0.05) is 27.7 Å². The molecule has 2 saturated heterocycles. The van der Waals surface area contributed by atoms with E-state index in [-0.39, 0.29) is 0 Å². The zero-order valence-corrected chi connectivity index (χ0v) is 13.2. The van der Waals surface area contributed by atoms with E-state index in [0.717, 1.165) is 19.1 Å². The van der Waals surface area contributed by atoms with Crippen LogP contribution in [0.3, 0.4) is 0 Å². The number of ether oxygens (including phenoxy) is 1. The van der Waals surface area contributed by atoms with Crippen LogP contribution >= 0.6 is 0 Å². The molecule has 2 aliphatic heterocycles. The highest BCUT2D eigenvalue weighted by Crippen LogP contribution is 2.11. The molecule has 3 nitrogen and oxygen atoms in total. The Balaban J connectivity index is 0.000000289. The molecule has 110 valence electrons. The van der Waals surface area contributed by atoms with Crippen molar-refractivity contribution >= 4 is 0 Å². The summed E-state index contributed by atoms with van der Waals surface area (Å²) in [4.78, 5) is 4.87. The van der Waals surface area contributed by atoms with Gasteiger partial charge < -0.3 is 14.5 Å². The molecule has 0 aromatic heterocycles. The molecule has 0 N–H and O–H groups in total. The number of likely N-dealkylation sites (N-methyl/N-ethyl adjacent to an activating group) is 2. The maximum atomic E-state index is 5.14. The van der Waals surface area contributed by atoms with Crippen molar-refractivity contribution in [1.82, 2.24) is 9.80 Å². The lowest BCUT2D eigenvalue weighted by Crippen LogP contribution is -2.44. The van der Waals surface area contributed by atoms with Crippen LogP contribution in [0.1, 0.15) is 40.5 Å². The quantitative estimate of drug-likeness (QED) is 0.719. The molecule has 0 aromatic carbocycles. The van der Waals surface area contributed by atoms with Crippen LogP contribution in [0.25, 0.3) is 0 Å². The summed E-state index contributed by atoms with van der Waals surface area (Å²) < 4.78 is 5.14. The van der Waals surface area contributed by atoms with Gasteiger partial charge in [0, 0.05) is 39.4 Å². The monoisotopic (exact) mass is 258 g/mol. The number of hydrogen-bond acceptors (Lipinski definition) is 3. The molecule has 3 heteroatoms. The lowest BCUT2D eigenvalue weighted by Gasteiger charge is -2.31. The molecule has 0 unspecified atom stereocenters. The molecule has 0 radical (unpaired) electrons. The molecule has 0 atom stereocenters. The van der Waals surface area contributed by atoms with Crippen LogP contribution in [-0.4, -0.2) is 62.8 Å². The van der Waals surface area contributed by atoms with Crippen LogP contribution in [0.15, 0.2) is 0 Å². The van der Waals surface area contributed by atoms with E-state index < -0.39 is 0 Å². The smallest absolute Gasteiger partial charge is 0.0468 e. The van der Waals surface area contributed by atoms with Crippen LogP contribution < -0.4 is 0 Å². The molecule has 0 amide bonds. The van der Waals surface area contributed by atoms with E-state index in [9.17, 15) is 0 Å². The Bertz CT molecular complexity index is 162. The Morgan fingerprint density at radius 2 is 1.50 bits per heavy atom. The van der Waals surface area contributed by atoms with Gasteiger partial charge in [0.1, 0.15) is 0 Å². The van der Waals surface area contributed by atoms with Gasteiger partial charge >= 0.3 is 0 Å². The summed E-state index contributed by atoms with van der Waals surface area (Å²) in [6.07, 6.45) is 2.53. The third-order valence-electron chi connectivity index (χ3n) is 3.55. The molecular formula is C15H34N2O. The highest BCUT2D eigenvalue weighted by atomic mass is 16.5. The highest BCUT2D eigenvalue weighted by Gasteiger charge is 2.10. The SMILES string of the molecule is CC.CC1CCOCC1.CCN1CCN(C)CC1. The number of piperazine rings is 1. The zero-order valence-electron chi connectivity index (χ0n) is 13.2. The predicted molar refractivity (Wildman–Crippen MR) is 80.2 cm³/mol. The highest BCUT2D eigenvalue weighted by molar-refractivity contribution is 4.66. The fraction of sp³-hybridized carbons (Fsp3) is 1.00. The van der Waals surface area contributed by atoms with Gasteiger partial charge in [0.25, 0.3) is 0 Å². The number of nitrogens with zero attached hydrogens (tertiary/aromatic N) is 2. The van der Waals surface area contributed by atoms with Crippen molar-refractivity contribution in [2.24, 2.45) is 5.92 Å². The van der Waals surface area contributed by atoms with Crippen molar-refractivity contribution in [3.8, 4) is 0 Å². The van der Waals surface area contributed by atoms with E-state index >= 15 is 0 Å². The third kappa shape index (κ3) is 8.90. The molecule has 0 spiro atoms. The predicted octanol–water partition coefficient (Wildman–Crippen LogP) is 2.71. The van der Waals surface area contributed by atoms with Crippen molar-refractivity contribution in [1.29, 1.82) is 0 Å². The summed E-state index contributed by atoms with van der Waals surface area (Å²) in [6.45, 7) is 16.7. The maximum absolute atomic E-state index is 5.14. The average Bonchev–Trinajstić information content (AvgIpc) is 2.43. The standard InChI is InChI=1S/C7H16N2.C6H12O.C2H6/c1-3-9-6-4-8(2)5-7-9;1-6-2-4-7-5-3-6;1-2/h3-7H2,1-2H3;6H,2-5H2,1H3;1-2H3. The second-order valence-corrected chi connectivity index (χ2v) is 5.03. The van der Waals surface area contributed by atoms with Crippen LogP contribution in [0.5, 0.6) is 0 Å². The molecule has 2 aliphatic rings. The first-order valence-electron chi connectivity index (χ1n) is 7.71. The normalized spacial score (nSPS) is 22.5. The van der Waals surface area contributed by atoms with Gasteiger partial charge in [0.2, 0.25) is 0 Å². The summed E-state index contributed by atoms with van der Waals surface area (Å²) in [7, 11) is 2.19. The lowest BCUT2D eigenvalue weighted by molar-refractivity contribution is 0.0716. The third-order valence-corrected chi connectivity index (χ3v) is 3.55. The maximum Gasteiger partial charge on any atom is 0.0468 e. The van der Waals surface area contributed by atoms with Crippen LogP contribution in [0.2, 0.25) is 0 Å². The topological polar surface area (TPSA) is 15.7 Å². The second-order valence-electron chi connectivity index (χ2n) is 5.03. The fourth-order valence-corrected chi connectivity index (χ4v) is 1.98. The molecule has 0 aromatic rings. The zero-order chi connectivity index (χ0) is 13.8. The van der Waals surface area contributed by atoms with Gasteiger partial charge in [-0.2, -0.15) is 0 Å². The van der Waals surface area contributed by atoms with E-state index in [4.69, 9.17) is 4.74 Å². The van der Waals surface area contributed by atoms with Crippen molar-refractivity contribution in [3.63, 3.8) is 0 Å². The van der Waals surface area contributed by atoms with E-state index in [1.54, 1.807) is 0 Å². The Labute approximate surface area is 114 Å². The minimum absolute atomic E-state index is 0.911. The van der Waals surface area contributed by atoms with Gasteiger partial charge in [-0.05, 0) is 32.4 Å². The summed E-state index contributed by atoms with van der Waals surface area (Å²) >= 11 is 0. The lowest BCUT2D eigenvalue weighted by atomic mass is 10.0. The average molecular weight is 258 g/mol. The molecular weight excluding hydrogens is 224 g/mol. The van der Waals surface area contributed by atoms with E-state index in [1.165, 1.54) is 45.6 Å². The Morgan fingerprint density at radius 3 is 1.83 bits per heavy atom. The number of rotatable bonds is 1. The first kappa shape index (κ1) is 17.9. The van der Waals surface area contributed by atoms with Crippen molar-refractivity contribution < 1.29 is 4.74 Å². The van der Waals surface area contributed by atoms with Gasteiger partial charge in [-0.3, -0.25) is 0 Å². The Morgan fingerprint density at radius 1 is 1.00 bits per heavy atom. The Hall–Kier alpha value is -0.120. The summed E-state index contributed by atoms with van der Waals surface area (Å²) in [5, 5.41) is 0. The fourth-order valence-electron chi connectivity index (χ4n) is 1.98. The summed E-state index contributed by atoms with van der Waals surface area (Å²) in [5.74, 6) is 0.911. The van der Waals surface area contributed by atoms with Crippen LogP contribution in [0, 0.1) is 5.92 Å². The van der Waals surface area contributed by atoms with Crippen molar-refractivity contribution in [2.75, 3.05) is 53.0 Å². The molecule has 0 bridgehead atoms. The molecule has 18 heavy (non-hydrogen) atoms. The molecule has 2 fully saturated rings. The van der Waals surface area contributed by atoms with Crippen molar-refractivity contribution in [3.05, 3.63) is 0 Å². The van der Waals surface area contributed by atoms with E-state index in [1.807, 2.05) is 13.8 Å². The summed E-state index contributed by atoms with van der Waals surface area (Å²) in [6, 6.07) is 0. The first-order valence-corrected chi connectivity index (χ1v) is 7.71. The molecule has 0 aliphatic carbocycles. The number of hydrogen-bond donors (Lipinski definition) is 0. The van der Waals surface area contributed by atoms with Gasteiger partial charge in [0.05, 0.1) is 0 Å². The molecule has 2 rings (SSSR count). The largest absolute Gasteiger partial charge is 0.381 e. The van der Waals surface area contributed by atoms with Gasteiger partial charge in [-0.15, -0.1) is 0 Å². The van der Waals surface area contributed by atoms with Gasteiger partial charge in [-0.25, -0.2) is 0 Å². The first-order chi connectivity index (χ1) is 8.72. The van der Waals surface area contributed by atoms with Crippen LogP contribution in [-0.2, 0) is 4.74 Å².